The summed E-state index contributed by atoms with van der Waals surface area (Å²) in [4.78, 5) is 22.2. The van der Waals surface area contributed by atoms with Crippen LogP contribution in [0.25, 0.3) is 16.9 Å². The first-order valence-electron chi connectivity index (χ1n) is 10.9. The van der Waals surface area contributed by atoms with Gasteiger partial charge >= 0.3 is 0 Å². The molecule has 3 aromatic heterocycles. The summed E-state index contributed by atoms with van der Waals surface area (Å²) in [5, 5.41) is 4.22. The summed E-state index contributed by atoms with van der Waals surface area (Å²) in [7, 11) is 1.84. The second-order valence-corrected chi connectivity index (χ2v) is 9.08. The van der Waals surface area contributed by atoms with E-state index in [1.165, 1.54) is 10.5 Å². The molecule has 0 aliphatic carbocycles. The Hall–Kier alpha value is -3.17. The van der Waals surface area contributed by atoms with Gasteiger partial charge in [-0.15, -0.1) is 0 Å². The van der Waals surface area contributed by atoms with Crippen molar-refractivity contribution in [2.75, 3.05) is 0 Å². The fourth-order valence-corrected chi connectivity index (χ4v) is 4.65. The summed E-state index contributed by atoms with van der Waals surface area (Å²) in [6.07, 6.45) is 6.26. The molecule has 0 amide bonds. The van der Waals surface area contributed by atoms with Crippen LogP contribution < -0.4 is 5.56 Å². The molecule has 7 nitrogen and oxygen atoms in total. The lowest BCUT2D eigenvalue weighted by atomic mass is 9.87. The molecule has 1 aromatic carbocycles. The van der Waals surface area contributed by atoms with Crippen LogP contribution in [0.3, 0.4) is 0 Å². The van der Waals surface area contributed by atoms with Crippen LogP contribution in [0, 0.1) is 18.6 Å². The predicted octanol–water partition coefficient (Wildman–Crippen LogP) is 4.75. The van der Waals surface area contributed by atoms with Gasteiger partial charge in [0.2, 0.25) is 0 Å². The first-order chi connectivity index (χ1) is 16.2. The Morgan fingerprint density at radius 3 is 2.68 bits per heavy atom. The maximum atomic E-state index is 14.8. The second-order valence-electron chi connectivity index (χ2n) is 8.70. The van der Waals surface area contributed by atoms with E-state index in [1.54, 1.807) is 24.0 Å². The van der Waals surface area contributed by atoms with Gasteiger partial charge in [-0.2, -0.15) is 5.10 Å². The van der Waals surface area contributed by atoms with Crippen molar-refractivity contribution in [3.8, 4) is 11.3 Å². The maximum Gasteiger partial charge on any atom is 0.277 e. The standard InChI is InChI=1S/C24H22ClF2N5O2/c1-12-6-14(7-20(34-12)15-9-28-31(3)10-15)19-11-32-23(29-13(2)21(25)24(32)33)22(30-19)17-5-4-16(26)8-18(17)27/h4-5,8-12,14,20H,6-7H2,1-3H3/t12-,14?,20+/m1/s1. The van der Waals surface area contributed by atoms with Crippen LogP contribution in [0.4, 0.5) is 8.78 Å². The number of fused-ring (bicyclic) bond motifs is 1. The van der Waals surface area contributed by atoms with Gasteiger partial charge in [-0.05, 0) is 38.8 Å². The quantitative estimate of drug-likeness (QED) is 0.418. The van der Waals surface area contributed by atoms with Gasteiger partial charge in [0, 0.05) is 42.6 Å². The Labute approximate surface area is 199 Å². The Balaban J connectivity index is 1.69. The minimum atomic E-state index is -0.790. The van der Waals surface area contributed by atoms with E-state index in [1.807, 2.05) is 20.2 Å². The van der Waals surface area contributed by atoms with Crippen molar-refractivity contribution >= 4 is 17.2 Å². The minimum Gasteiger partial charge on any atom is -0.370 e. The van der Waals surface area contributed by atoms with E-state index in [-0.39, 0.29) is 40.1 Å². The van der Waals surface area contributed by atoms with Crippen molar-refractivity contribution < 1.29 is 13.5 Å². The van der Waals surface area contributed by atoms with Gasteiger partial charge in [-0.3, -0.25) is 13.9 Å². The second kappa shape index (κ2) is 8.56. The Kier molecular flexibility index (Phi) is 5.69. The van der Waals surface area contributed by atoms with Crippen LogP contribution >= 0.6 is 11.6 Å². The zero-order valence-corrected chi connectivity index (χ0v) is 19.6. The van der Waals surface area contributed by atoms with Crippen LogP contribution in [0.15, 0.2) is 41.6 Å². The molecule has 34 heavy (non-hydrogen) atoms. The zero-order valence-electron chi connectivity index (χ0n) is 18.8. The van der Waals surface area contributed by atoms with E-state index in [0.29, 0.717) is 24.2 Å². The van der Waals surface area contributed by atoms with Crippen molar-refractivity contribution in [1.29, 1.82) is 0 Å². The largest absolute Gasteiger partial charge is 0.370 e. The van der Waals surface area contributed by atoms with Gasteiger partial charge < -0.3 is 4.74 Å². The lowest BCUT2D eigenvalue weighted by molar-refractivity contribution is -0.0506. The van der Waals surface area contributed by atoms with E-state index in [9.17, 15) is 13.6 Å². The third-order valence-electron chi connectivity index (χ3n) is 6.15. The first kappa shape index (κ1) is 22.6. The number of benzene rings is 1. The summed E-state index contributed by atoms with van der Waals surface area (Å²) in [6.45, 7) is 3.58. The van der Waals surface area contributed by atoms with Crippen molar-refractivity contribution in [3.63, 3.8) is 0 Å². The number of hydrogen-bond acceptors (Lipinski definition) is 5. The number of ether oxygens (including phenoxy) is 1. The maximum absolute atomic E-state index is 14.8. The summed E-state index contributed by atoms with van der Waals surface area (Å²) in [5.74, 6) is -1.58. The highest BCUT2D eigenvalue weighted by Crippen LogP contribution is 2.40. The SMILES string of the molecule is Cc1nc2c(-c3ccc(F)cc3F)nc(C3C[C@@H](C)O[C@H](c4cnn(C)c4)C3)cn2c(=O)c1Cl. The normalized spacial score (nSPS) is 20.7. The minimum absolute atomic E-state index is 0.0197. The van der Waals surface area contributed by atoms with Crippen LogP contribution in [0.2, 0.25) is 5.02 Å². The predicted molar refractivity (Wildman–Crippen MR) is 123 cm³/mol. The molecule has 176 valence electrons. The molecule has 0 spiro atoms. The molecule has 4 heterocycles. The number of nitrogens with zero attached hydrogens (tertiary/aromatic N) is 5. The molecule has 1 aliphatic rings. The van der Waals surface area contributed by atoms with Crippen molar-refractivity contribution in [2.45, 2.75) is 44.8 Å². The fourth-order valence-electron chi connectivity index (χ4n) is 4.51. The lowest BCUT2D eigenvalue weighted by Crippen LogP contribution is -2.27. The summed E-state index contributed by atoms with van der Waals surface area (Å²) in [6, 6.07) is 3.24. The highest BCUT2D eigenvalue weighted by Gasteiger charge is 2.32. The average Bonchev–Trinajstić information content (AvgIpc) is 3.23. The lowest BCUT2D eigenvalue weighted by Gasteiger charge is -2.33. The van der Waals surface area contributed by atoms with E-state index >= 15 is 0 Å². The third-order valence-corrected chi connectivity index (χ3v) is 6.59. The molecule has 1 saturated heterocycles. The molecular weight excluding hydrogens is 464 g/mol. The molecule has 1 unspecified atom stereocenters. The molecule has 1 aliphatic heterocycles. The average molecular weight is 486 g/mol. The van der Waals surface area contributed by atoms with Crippen molar-refractivity contribution in [1.82, 2.24) is 24.1 Å². The molecule has 0 radical (unpaired) electrons. The van der Waals surface area contributed by atoms with E-state index in [0.717, 1.165) is 17.7 Å². The summed E-state index contributed by atoms with van der Waals surface area (Å²) < 4.78 is 37.6. The molecule has 10 heteroatoms. The van der Waals surface area contributed by atoms with Crippen LogP contribution in [0.5, 0.6) is 0 Å². The number of aromatic nitrogens is 5. The van der Waals surface area contributed by atoms with Crippen LogP contribution in [-0.4, -0.2) is 30.3 Å². The summed E-state index contributed by atoms with van der Waals surface area (Å²) >= 11 is 6.20. The number of hydrogen-bond donors (Lipinski definition) is 0. The van der Waals surface area contributed by atoms with Gasteiger partial charge in [0.15, 0.2) is 5.65 Å². The number of rotatable bonds is 3. The summed E-state index contributed by atoms with van der Waals surface area (Å²) in [5.41, 5.74) is 1.73. The molecule has 4 aromatic rings. The first-order valence-corrected chi connectivity index (χ1v) is 11.3. The third kappa shape index (κ3) is 3.99. The van der Waals surface area contributed by atoms with Gasteiger partial charge in [0.1, 0.15) is 22.4 Å². The molecule has 0 N–H and O–H groups in total. The van der Waals surface area contributed by atoms with Gasteiger partial charge in [0.25, 0.3) is 5.56 Å². The Morgan fingerprint density at radius 2 is 1.97 bits per heavy atom. The fraction of sp³-hybridized carbons (Fsp3) is 0.333. The van der Waals surface area contributed by atoms with Crippen molar-refractivity contribution in [2.24, 2.45) is 7.05 Å². The smallest absolute Gasteiger partial charge is 0.277 e. The van der Waals surface area contributed by atoms with E-state index in [2.05, 4.69) is 10.1 Å². The molecule has 0 bridgehead atoms. The monoisotopic (exact) mass is 485 g/mol. The molecular formula is C24H22ClF2N5O2. The van der Waals surface area contributed by atoms with E-state index < -0.39 is 17.2 Å². The van der Waals surface area contributed by atoms with Crippen LogP contribution in [0.1, 0.15) is 48.7 Å². The van der Waals surface area contributed by atoms with E-state index in [4.69, 9.17) is 21.3 Å². The molecule has 5 rings (SSSR count). The molecule has 0 saturated carbocycles. The van der Waals surface area contributed by atoms with Gasteiger partial charge in [0.05, 0.1) is 29.8 Å². The highest BCUT2D eigenvalue weighted by molar-refractivity contribution is 6.31. The molecule has 1 fully saturated rings. The molecule has 3 atom stereocenters. The van der Waals surface area contributed by atoms with Crippen molar-refractivity contribution in [3.05, 3.63) is 80.8 Å². The van der Waals surface area contributed by atoms with Gasteiger partial charge in [-0.25, -0.2) is 18.7 Å². The number of aryl methyl sites for hydroxylation is 2. The Morgan fingerprint density at radius 1 is 1.18 bits per heavy atom. The number of halogens is 3. The van der Waals surface area contributed by atoms with Crippen LogP contribution in [-0.2, 0) is 11.8 Å². The van der Waals surface area contributed by atoms with Gasteiger partial charge in [-0.1, -0.05) is 11.6 Å². The topological polar surface area (TPSA) is 74.3 Å². The Bertz CT molecular complexity index is 1470. The zero-order chi connectivity index (χ0) is 24.1. The highest BCUT2D eigenvalue weighted by atomic mass is 35.5.